The summed E-state index contributed by atoms with van der Waals surface area (Å²) in [5.41, 5.74) is 2.73. The Bertz CT molecular complexity index is 1300. The van der Waals surface area contributed by atoms with E-state index in [4.69, 9.17) is 9.15 Å². The molecule has 1 heterocycles. The van der Waals surface area contributed by atoms with Gasteiger partial charge in [-0.25, -0.2) is 9.37 Å². The van der Waals surface area contributed by atoms with Gasteiger partial charge in [-0.1, -0.05) is 64.0 Å². The van der Waals surface area contributed by atoms with Crippen LogP contribution in [0.15, 0.2) is 65.1 Å². The molecule has 188 valence electrons. The standard InChI is InChI=1S/C29H31FN2O4/c1-2-3-4-5-6-7-8-9-18-35-24-15-16-25(26(30)20-24)21-10-12-22(13-11-21)29-31-27-19-23(32(33)34)14-17-28(27)36-29/h10-17,19-20H,2-9,18H2,1H3. The molecule has 4 rings (SSSR count). The number of fused-ring (bicyclic) bond motifs is 1. The van der Waals surface area contributed by atoms with Gasteiger partial charge in [-0.3, -0.25) is 10.1 Å². The summed E-state index contributed by atoms with van der Waals surface area (Å²) < 4.78 is 26.3. The number of unbranched alkanes of at least 4 members (excludes halogenated alkanes) is 7. The Morgan fingerprint density at radius 3 is 2.28 bits per heavy atom. The van der Waals surface area contributed by atoms with E-state index in [0.717, 1.165) is 18.4 Å². The Morgan fingerprint density at radius 2 is 1.58 bits per heavy atom. The molecular weight excluding hydrogens is 459 g/mol. The molecule has 0 bridgehead atoms. The molecule has 0 aliphatic carbocycles. The van der Waals surface area contributed by atoms with E-state index in [2.05, 4.69) is 11.9 Å². The third-order valence-electron chi connectivity index (χ3n) is 6.23. The van der Waals surface area contributed by atoms with Crippen molar-refractivity contribution in [1.82, 2.24) is 4.98 Å². The first kappa shape index (κ1) is 25.4. The summed E-state index contributed by atoms with van der Waals surface area (Å²) in [5, 5.41) is 11.0. The van der Waals surface area contributed by atoms with Crippen molar-refractivity contribution < 1.29 is 18.5 Å². The zero-order valence-corrected chi connectivity index (χ0v) is 20.5. The van der Waals surface area contributed by atoms with Gasteiger partial charge in [0.2, 0.25) is 5.89 Å². The number of oxazole rings is 1. The van der Waals surface area contributed by atoms with Gasteiger partial charge < -0.3 is 9.15 Å². The zero-order chi connectivity index (χ0) is 25.3. The number of halogens is 1. The van der Waals surface area contributed by atoms with Crippen molar-refractivity contribution in [3.05, 3.63) is 76.6 Å². The molecule has 0 radical (unpaired) electrons. The van der Waals surface area contributed by atoms with Gasteiger partial charge in [0.25, 0.3) is 5.69 Å². The molecule has 7 heteroatoms. The second-order valence-electron chi connectivity index (χ2n) is 8.97. The molecule has 6 nitrogen and oxygen atoms in total. The van der Waals surface area contributed by atoms with Crippen molar-refractivity contribution in [2.24, 2.45) is 0 Å². The van der Waals surface area contributed by atoms with Crippen molar-refractivity contribution in [2.45, 2.75) is 58.3 Å². The van der Waals surface area contributed by atoms with E-state index in [1.54, 1.807) is 36.4 Å². The van der Waals surface area contributed by atoms with Crippen LogP contribution in [0, 0.1) is 15.9 Å². The maximum absolute atomic E-state index is 14.8. The molecule has 0 saturated carbocycles. The highest BCUT2D eigenvalue weighted by Crippen LogP contribution is 2.31. The van der Waals surface area contributed by atoms with Crippen LogP contribution in [0.4, 0.5) is 10.1 Å². The maximum atomic E-state index is 14.8. The molecule has 0 unspecified atom stereocenters. The van der Waals surface area contributed by atoms with E-state index in [0.29, 0.717) is 40.5 Å². The summed E-state index contributed by atoms with van der Waals surface area (Å²) in [6.45, 7) is 2.82. The first-order valence-electron chi connectivity index (χ1n) is 12.6. The molecule has 1 aromatic heterocycles. The van der Waals surface area contributed by atoms with Gasteiger partial charge in [0.1, 0.15) is 17.1 Å². The fourth-order valence-corrected chi connectivity index (χ4v) is 4.19. The van der Waals surface area contributed by atoms with Crippen LogP contribution in [0.25, 0.3) is 33.7 Å². The van der Waals surface area contributed by atoms with E-state index in [1.165, 1.54) is 62.8 Å². The van der Waals surface area contributed by atoms with Crippen LogP contribution in [0.3, 0.4) is 0 Å². The Hall–Kier alpha value is -3.74. The summed E-state index contributed by atoms with van der Waals surface area (Å²) in [7, 11) is 0. The molecule has 0 aliphatic heterocycles. The van der Waals surface area contributed by atoms with Crippen molar-refractivity contribution in [1.29, 1.82) is 0 Å². The predicted molar refractivity (Wildman–Crippen MR) is 140 cm³/mol. The Kier molecular flexibility index (Phi) is 8.66. The number of rotatable bonds is 13. The summed E-state index contributed by atoms with van der Waals surface area (Å²) in [6.07, 6.45) is 9.83. The number of benzene rings is 3. The van der Waals surface area contributed by atoms with Crippen molar-refractivity contribution in [2.75, 3.05) is 6.61 Å². The molecule has 0 amide bonds. The lowest BCUT2D eigenvalue weighted by molar-refractivity contribution is -0.384. The fraction of sp³-hybridized carbons (Fsp3) is 0.345. The third-order valence-corrected chi connectivity index (χ3v) is 6.23. The number of hydrogen-bond donors (Lipinski definition) is 0. The van der Waals surface area contributed by atoms with Gasteiger partial charge in [-0.05, 0) is 42.3 Å². The molecule has 0 spiro atoms. The molecule has 0 atom stereocenters. The van der Waals surface area contributed by atoms with Crippen LogP contribution >= 0.6 is 0 Å². The van der Waals surface area contributed by atoms with E-state index in [-0.39, 0.29) is 11.5 Å². The summed E-state index contributed by atoms with van der Waals surface area (Å²) in [4.78, 5) is 14.9. The quantitative estimate of drug-likeness (QED) is 0.106. The second-order valence-corrected chi connectivity index (χ2v) is 8.97. The normalized spacial score (nSPS) is 11.2. The van der Waals surface area contributed by atoms with Crippen molar-refractivity contribution in [3.8, 4) is 28.3 Å². The van der Waals surface area contributed by atoms with E-state index < -0.39 is 4.92 Å². The lowest BCUT2D eigenvalue weighted by Crippen LogP contribution is -1.98. The summed E-state index contributed by atoms with van der Waals surface area (Å²) in [6, 6.07) is 16.4. The Labute approximate surface area is 210 Å². The minimum Gasteiger partial charge on any atom is -0.493 e. The smallest absolute Gasteiger partial charge is 0.271 e. The highest BCUT2D eigenvalue weighted by molar-refractivity contribution is 5.79. The number of nitro benzene ring substituents is 1. The average molecular weight is 491 g/mol. The Morgan fingerprint density at radius 1 is 0.889 bits per heavy atom. The predicted octanol–water partition coefficient (Wildman–Crippen LogP) is 8.73. The van der Waals surface area contributed by atoms with Crippen molar-refractivity contribution >= 4 is 16.8 Å². The van der Waals surface area contributed by atoms with Gasteiger partial charge in [0, 0.05) is 29.3 Å². The average Bonchev–Trinajstić information content (AvgIpc) is 3.31. The maximum Gasteiger partial charge on any atom is 0.271 e. The van der Waals surface area contributed by atoms with Gasteiger partial charge in [0.05, 0.1) is 11.5 Å². The summed E-state index contributed by atoms with van der Waals surface area (Å²) >= 11 is 0. The molecule has 0 N–H and O–H groups in total. The van der Waals surface area contributed by atoms with E-state index in [9.17, 15) is 14.5 Å². The Balaban J connectivity index is 1.33. The number of nitrogens with zero attached hydrogens (tertiary/aromatic N) is 2. The first-order valence-corrected chi connectivity index (χ1v) is 12.6. The van der Waals surface area contributed by atoms with Crippen LogP contribution in [0.1, 0.15) is 58.3 Å². The second kappa shape index (κ2) is 12.3. The number of hydrogen-bond acceptors (Lipinski definition) is 5. The molecule has 0 fully saturated rings. The van der Waals surface area contributed by atoms with Gasteiger partial charge in [-0.2, -0.15) is 0 Å². The lowest BCUT2D eigenvalue weighted by atomic mass is 10.0. The largest absolute Gasteiger partial charge is 0.493 e. The molecule has 36 heavy (non-hydrogen) atoms. The number of ether oxygens (including phenoxy) is 1. The number of aromatic nitrogens is 1. The van der Waals surface area contributed by atoms with Crippen LogP contribution < -0.4 is 4.74 Å². The van der Waals surface area contributed by atoms with Crippen molar-refractivity contribution in [3.63, 3.8) is 0 Å². The molecule has 4 aromatic rings. The SMILES string of the molecule is CCCCCCCCCCOc1ccc(-c2ccc(-c3nc4cc([N+](=O)[O-])ccc4o3)cc2)c(F)c1. The molecule has 0 aliphatic rings. The third kappa shape index (κ3) is 6.47. The first-order chi connectivity index (χ1) is 17.5. The van der Waals surface area contributed by atoms with Crippen LogP contribution in [-0.4, -0.2) is 16.5 Å². The molecule has 3 aromatic carbocycles. The highest BCUT2D eigenvalue weighted by atomic mass is 19.1. The molecule has 0 saturated heterocycles. The van der Waals surface area contributed by atoms with Crippen LogP contribution in [0.2, 0.25) is 0 Å². The van der Waals surface area contributed by atoms with E-state index in [1.807, 2.05) is 0 Å². The number of nitro groups is 1. The highest BCUT2D eigenvalue weighted by Gasteiger charge is 2.14. The lowest BCUT2D eigenvalue weighted by Gasteiger charge is -2.09. The van der Waals surface area contributed by atoms with E-state index >= 15 is 0 Å². The fourth-order valence-electron chi connectivity index (χ4n) is 4.19. The topological polar surface area (TPSA) is 78.4 Å². The minimum atomic E-state index is -0.468. The van der Waals surface area contributed by atoms with Gasteiger partial charge in [-0.15, -0.1) is 0 Å². The number of non-ortho nitro benzene ring substituents is 1. The summed E-state index contributed by atoms with van der Waals surface area (Å²) in [5.74, 6) is 0.545. The van der Waals surface area contributed by atoms with Crippen LogP contribution in [0.5, 0.6) is 5.75 Å². The van der Waals surface area contributed by atoms with Gasteiger partial charge in [0.15, 0.2) is 5.58 Å². The molecular formula is C29H31FN2O4. The zero-order valence-electron chi connectivity index (χ0n) is 20.5. The minimum absolute atomic E-state index is 0.0431. The monoisotopic (exact) mass is 490 g/mol. The van der Waals surface area contributed by atoms with Gasteiger partial charge >= 0.3 is 0 Å². The van der Waals surface area contributed by atoms with Crippen LogP contribution in [-0.2, 0) is 0 Å².